The van der Waals surface area contributed by atoms with Crippen LogP contribution in [0.15, 0.2) is 18.2 Å². The van der Waals surface area contributed by atoms with Crippen LogP contribution in [-0.4, -0.2) is 150 Å². The first-order valence-corrected chi connectivity index (χ1v) is 23.4. The molecule has 7 atom stereocenters. The van der Waals surface area contributed by atoms with E-state index in [2.05, 4.69) is 16.0 Å². The maximum atomic E-state index is 15.0. The van der Waals surface area contributed by atoms with Crippen molar-refractivity contribution in [1.29, 1.82) is 0 Å². The van der Waals surface area contributed by atoms with Gasteiger partial charge in [0.05, 0.1) is 6.54 Å². The zero-order valence-electron chi connectivity index (χ0n) is 38.5. The molecular formula is C45H61Cl2F6N7O7. The minimum atomic E-state index is -5.42. The molecule has 0 spiro atoms. The lowest BCUT2D eigenvalue weighted by molar-refractivity contribution is -0.299. The standard InChI is InChI=1S/C45H61Cl2F6N7O7/c1-24(2)16-31-40(65)59(6)34(19-27-18-28(46)13-14-30(27)47)37(62)54-25(3)39(64)57(4)15-8-7-12-33(36(61)55-31)58(5)41(66)32(17-26-10-9-11-26)56-38(63)35-20-29(48)21-60(35)42(67)43(45(51,52)53)22-44(49,50)23-43/h13-14,18,24-26,29,31-35H,7-12,15-17,19-23H2,1-6H3,(H,54,62)(H,55,61)(H,56,63)/t25-,29-,31+,32+,33+,34+,35+/m1/s1. The van der Waals surface area contributed by atoms with Gasteiger partial charge in [-0.3, -0.25) is 33.6 Å². The minimum Gasteiger partial charge on any atom is -0.344 e. The number of likely N-dealkylation sites (tertiary alicyclic amines) is 1. The minimum absolute atomic E-state index is 0.000593. The molecule has 2 heterocycles. The van der Waals surface area contributed by atoms with Crippen LogP contribution in [0.2, 0.25) is 10.0 Å². The van der Waals surface area contributed by atoms with Crippen molar-refractivity contribution < 1.29 is 59.9 Å². The molecule has 4 fully saturated rings. The first-order valence-electron chi connectivity index (χ1n) is 22.7. The third-order valence-electron chi connectivity index (χ3n) is 13.6. The smallest absolute Gasteiger partial charge is 0.344 e. The highest BCUT2D eigenvalue weighted by Crippen LogP contribution is 2.61. The Morgan fingerprint density at radius 1 is 0.940 bits per heavy atom. The fourth-order valence-electron chi connectivity index (χ4n) is 9.46. The van der Waals surface area contributed by atoms with Crippen LogP contribution < -0.4 is 16.0 Å². The van der Waals surface area contributed by atoms with Gasteiger partial charge in [0.25, 0.3) is 5.92 Å². The van der Waals surface area contributed by atoms with E-state index in [9.17, 15) is 59.9 Å². The van der Waals surface area contributed by atoms with E-state index in [0.717, 1.165) is 16.2 Å². The number of benzene rings is 1. The number of rotatable bonds is 11. The molecule has 2 aliphatic carbocycles. The molecule has 1 aromatic carbocycles. The van der Waals surface area contributed by atoms with Gasteiger partial charge in [0.15, 0.2) is 5.41 Å². The maximum absolute atomic E-state index is 15.0. The van der Waals surface area contributed by atoms with Crippen molar-refractivity contribution in [2.24, 2.45) is 17.3 Å². The lowest BCUT2D eigenvalue weighted by Gasteiger charge is -2.48. The second-order valence-electron chi connectivity index (χ2n) is 19.2. The van der Waals surface area contributed by atoms with Crippen LogP contribution >= 0.6 is 23.2 Å². The summed E-state index contributed by atoms with van der Waals surface area (Å²) >= 11 is 12.8. The number of nitrogens with zero attached hydrogens (tertiary/aromatic N) is 4. The summed E-state index contributed by atoms with van der Waals surface area (Å²) < 4.78 is 85.6. The quantitative estimate of drug-likeness (QED) is 0.248. The molecule has 0 bridgehead atoms. The van der Waals surface area contributed by atoms with Crippen LogP contribution in [0, 0.1) is 17.3 Å². The summed E-state index contributed by atoms with van der Waals surface area (Å²) in [6.07, 6.45) is -9.12. The normalized spacial score (nSPS) is 27.2. The molecule has 0 unspecified atom stereocenters. The number of carbonyl (C=O) groups is 7. The Hall–Kier alpha value is -4.33. The number of hydrogen-bond donors (Lipinski definition) is 3. The highest BCUT2D eigenvalue weighted by molar-refractivity contribution is 6.33. The second-order valence-corrected chi connectivity index (χ2v) is 20.1. The number of likely N-dealkylation sites (N-methyl/N-ethyl adjacent to an activating group) is 3. The van der Waals surface area contributed by atoms with Gasteiger partial charge in [-0.15, -0.1) is 0 Å². The summed E-state index contributed by atoms with van der Waals surface area (Å²) in [6, 6.07) is -3.45. The molecule has 5 rings (SSSR count). The zero-order chi connectivity index (χ0) is 49.9. The molecule has 2 saturated carbocycles. The van der Waals surface area contributed by atoms with E-state index in [1.807, 2.05) is 13.8 Å². The molecule has 0 radical (unpaired) electrons. The van der Waals surface area contributed by atoms with Crippen molar-refractivity contribution >= 4 is 64.6 Å². The number of carbonyl (C=O) groups excluding carboxylic acids is 7. The van der Waals surface area contributed by atoms with Crippen molar-refractivity contribution in [2.75, 3.05) is 34.2 Å². The van der Waals surface area contributed by atoms with Gasteiger partial charge in [-0.25, -0.2) is 13.2 Å². The van der Waals surface area contributed by atoms with Gasteiger partial charge < -0.3 is 35.6 Å². The average molecular weight is 997 g/mol. The third-order valence-corrected chi connectivity index (χ3v) is 14.2. The van der Waals surface area contributed by atoms with Gasteiger partial charge in [0.2, 0.25) is 41.4 Å². The van der Waals surface area contributed by atoms with E-state index in [1.165, 1.54) is 39.0 Å². The monoisotopic (exact) mass is 995 g/mol. The van der Waals surface area contributed by atoms with Crippen molar-refractivity contribution in [2.45, 2.75) is 152 Å². The Labute approximate surface area is 396 Å². The summed E-state index contributed by atoms with van der Waals surface area (Å²) in [5.41, 5.74) is -3.09. The summed E-state index contributed by atoms with van der Waals surface area (Å²) in [5, 5.41) is 8.63. The van der Waals surface area contributed by atoms with Gasteiger partial charge in [0.1, 0.15) is 42.4 Å². The van der Waals surface area contributed by atoms with Crippen molar-refractivity contribution in [1.82, 2.24) is 35.6 Å². The van der Waals surface area contributed by atoms with Crippen LogP contribution in [0.3, 0.4) is 0 Å². The van der Waals surface area contributed by atoms with Crippen LogP contribution in [0.4, 0.5) is 26.3 Å². The van der Waals surface area contributed by atoms with Crippen LogP contribution in [0.5, 0.6) is 0 Å². The lowest BCUT2D eigenvalue weighted by Crippen LogP contribution is -2.65. The topological polar surface area (TPSA) is 169 Å². The number of nitrogens with one attached hydrogen (secondary N) is 3. The second kappa shape index (κ2) is 21.5. The molecule has 374 valence electrons. The summed E-state index contributed by atoms with van der Waals surface area (Å²) in [5.74, 6) is -10.4. The predicted molar refractivity (Wildman–Crippen MR) is 235 cm³/mol. The molecule has 3 N–H and O–H groups in total. The van der Waals surface area contributed by atoms with E-state index < -0.39 is 127 Å². The average Bonchev–Trinajstić information content (AvgIpc) is 3.62. The number of hydrogen-bond acceptors (Lipinski definition) is 7. The van der Waals surface area contributed by atoms with E-state index in [0.29, 0.717) is 34.7 Å². The van der Waals surface area contributed by atoms with Gasteiger partial charge >= 0.3 is 6.18 Å². The number of halogens is 8. The molecule has 7 amide bonds. The number of amides is 7. The molecule has 14 nitrogen and oxygen atoms in total. The van der Waals surface area contributed by atoms with Crippen molar-refractivity contribution in [3.63, 3.8) is 0 Å². The Morgan fingerprint density at radius 3 is 2.18 bits per heavy atom. The Morgan fingerprint density at radius 2 is 1.60 bits per heavy atom. The molecule has 2 saturated heterocycles. The number of alkyl halides is 6. The predicted octanol–water partition coefficient (Wildman–Crippen LogP) is 5.46. The van der Waals surface area contributed by atoms with Gasteiger partial charge in [-0.05, 0) is 74.6 Å². The molecule has 1 aromatic rings. The maximum Gasteiger partial charge on any atom is 0.403 e. The van der Waals surface area contributed by atoms with Gasteiger partial charge in [0, 0.05) is 63.4 Å². The Bertz CT molecular complexity index is 2040. The molecule has 22 heteroatoms. The lowest BCUT2D eigenvalue weighted by atomic mass is 9.64. The van der Waals surface area contributed by atoms with Gasteiger partial charge in [-0.2, -0.15) is 13.2 Å². The van der Waals surface area contributed by atoms with E-state index >= 15 is 0 Å². The first-order chi connectivity index (χ1) is 31.2. The first kappa shape index (κ1) is 53.6. The van der Waals surface area contributed by atoms with E-state index in [1.54, 1.807) is 12.1 Å². The highest BCUT2D eigenvalue weighted by atomic mass is 35.5. The SMILES string of the molecule is CC(C)C[C@@H]1NC(=O)[C@@H](N(C)C(=O)[C@H](CC2CCC2)NC(=O)[C@@H]2C[C@@H](F)CN2C(=O)C2(C(F)(F)F)CC(F)(F)C2)CCCCN(C)C(=O)[C@@H](C)NC(=O)[C@H](Cc2cc(Cl)ccc2Cl)N(C)C1=O. The van der Waals surface area contributed by atoms with E-state index in [-0.39, 0.29) is 55.5 Å². The zero-order valence-corrected chi connectivity index (χ0v) is 40.0. The van der Waals surface area contributed by atoms with Crippen LogP contribution in [0.25, 0.3) is 0 Å². The molecule has 0 aromatic heterocycles. The Kier molecular flexibility index (Phi) is 17.2. The van der Waals surface area contributed by atoms with Crippen LogP contribution in [-0.2, 0) is 40.0 Å². The molecule has 2 aliphatic heterocycles. The summed E-state index contributed by atoms with van der Waals surface area (Å²) in [4.78, 5) is 103. The van der Waals surface area contributed by atoms with E-state index in [4.69, 9.17) is 23.2 Å². The fraction of sp³-hybridized carbons (Fsp3) is 0.711. The largest absolute Gasteiger partial charge is 0.403 e. The summed E-state index contributed by atoms with van der Waals surface area (Å²) in [6.45, 7) is 4.37. The highest BCUT2D eigenvalue weighted by Gasteiger charge is 2.75. The van der Waals surface area contributed by atoms with Crippen molar-refractivity contribution in [3.8, 4) is 0 Å². The third kappa shape index (κ3) is 12.5. The van der Waals surface area contributed by atoms with Gasteiger partial charge in [-0.1, -0.05) is 56.3 Å². The molecule has 4 aliphatic rings. The molecular weight excluding hydrogens is 935 g/mol. The summed E-state index contributed by atoms with van der Waals surface area (Å²) in [7, 11) is 4.23. The van der Waals surface area contributed by atoms with Crippen molar-refractivity contribution in [3.05, 3.63) is 33.8 Å². The fourth-order valence-corrected chi connectivity index (χ4v) is 9.85. The molecule has 67 heavy (non-hydrogen) atoms. The Balaban J connectivity index is 1.44. The van der Waals surface area contributed by atoms with Crippen LogP contribution in [0.1, 0.15) is 97.0 Å².